The lowest BCUT2D eigenvalue weighted by atomic mass is 9.87. The molecule has 1 heterocycles. The maximum absolute atomic E-state index is 13.1. The molecule has 3 aromatic rings. The van der Waals surface area contributed by atoms with Crippen molar-refractivity contribution in [2.24, 2.45) is 0 Å². The monoisotopic (exact) mass is 434 g/mol. The second-order valence-electron chi connectivity index (χ2n) is 7.44. The first-order valence-corrected chi connectivity index (χ1v) is 10.6. The van der Waals surface area contributed by atoms with E-state index in [2.05, 4.69) is 9.71 Å². The molecule has 152 valence electrons. The van der Waals surface area contributed by atoms with E-state index in [1.807, 2.05) is 20.8 Å². The van der Waals surface area contributed by atoms with Gasteiger partial charge in [-0.2, -0.15) is 0 Å². The molecule has 0 aliphatic rings. The molecule has 0 atom stereocenters. The van der Waals surface area contributed by atoms with Gasteiger partial charge in [-0.15, -0.1) is 0 Å². The quantitative estimate of drug-likeness (QED) is 0.553. The van der Waals surface area contributed by atoms with Crippen LogP contribution in [-0.2, 0) is 15.4 Å². The Balaban J connectivity index is 1.90. The van der Waals surface area contributed by atoms with E-state index in [0.29, 0.717) is 5.75 Å². The molecule has 0 unspecified atom stereocenters. The number of hydrogen-bond acceptors (Lipinski definition) is 4. The van der Waals surface area contributed by atoms with Crippen LogP contribution in [-0.4, -0.2) is 13.4 Å². The third-order valence-corrected chi connectivity index (χ3v) is 5.71. The van der Waals surface area contributed by atoms with Crippen molar-refractivity contribution < 1.29 is 17.5 Å². The Kier molecular flexibility index (Phi) is 5.82. The van der Waals surface area contributed by atoms with Crippen LogP contribution in [0.25, 0.3) is 0 Å². The summed E-state index contributed by atoms with van der Waals surface area (Å²) in [7, 11) is -3.90. The van der Waals surface area contributed by atoms with Gasteiger partial charge in [-0.05, 0) is 53.4 Å². The van der Waals surface area contributed by atoms with Crippen LogP contribution in [0.4, 0.5) is 10.1 Å². The molecule has 2 aromatic carbocycles. The molecule has 0 bridgehead atoms. The van der Waals surface area contributed by atoms with E-state index in [-0.39, 0.29) is 26.9 Å². The van der Waals surface area contributed by atoms with E-state index in [4.69, 9.17) is 16.3 Å². The van der Waals surface area contributed by atoms with Gasteiger partial charge in [0.05, 0.1) is 9.92 Å². The number of rotatable bonds is 5. The summed E-state index contributed by atoms with van der Waals surface area (Å²) in [6, 6.07) is 13.3. The standard InChI is InChI=1S/C21H20ClFN2O3S/c1-21(2,3)14-4-10-18(11-5-14)29(26,27)25-19-12-15(22)13-24-20(19)28-17-8-6-16(23)7-9-17/h4-13,25H,1-3H3. The predicted molar refractivity (Wildman–Crippen MR) is 112 cm³/mol. The predicted octanol–water partition coefficient (Wildman–Crippen LogP) is 5.76. The molecular weight excluding hydrogens is 415 g/mol. The number of benzene rings is 2. The van der Waals surface area contributed by atoms with Crippen molar-refractivity contribution in [1.29, 1.82) is 0 Å². The van der Waals surface area contributed by atoms with Crippen LogP contribution in [0.15, 0.2) is 65.7 Å². The molecule has 29 heavy (non-hydrogen) atoms. The summed E-state index contributed by atoms with van der Waals surface area (Å²) >= 11 is 5.98. The first kappa shape index (κ1) is 21.1. The second kappa shape index (κ2) is 8.00. The molecule has 8 heteroatoms. The lowest BCUT2D eigenvalue weighted by Gasteiger charge is -2.19. The van der Waals surface area contributed by atoms with Crippen molar-refractivity contribution in [2.75, 3.05) is 4.72 Å². The van der Waals surface area contributed by atoms with Gasteiger partial charge >= 0.3 is 0 Å². The number of halogens is 2. The summed E-state index contributed by atoms with van der Waals surface area (Å²) in [4.78, 5) is 4.14. The van der Waals surface area contributed by atoms with E-state index < -0.39 is 15.8 Å². The van der Waals surface area contributed by atoms with Gasteiger partial charge in [-0.1, -0.05) is 44.5 Å². The average Bonchev–Trinajstić information content (AvgIpc) is 2.65. The van der Waals surface area contributed by atoms with Crippen molar-refractivity contribution >= 4 is 27.3 Å². The summed E-state index contributed by atoms with van der Waals surface area (Å²) in [6.07, 6.45) is 1.33. The Bertz CT molecular complexity index is 1110. The fourth-order valence-corrected chi connectivity index (χ4v) is 3.74. The number of aromatic nitrogens is 1. The molecule has 3 rings (SSSR count). The van der Waals surface area contributed by atoms with Gasteiger partial charge < -0.3 is 4.74 Å². The maximum Gasteiger partial charge on any atom is 0.262 e. The van der Waals surface area contributed by atoms with E-state index in [1.54, 1.807) is 24.3 Å². The normalized spacial score (nSPS) is 11.9. The number of pyridine rings is 1. The Morgan fingerprint density at radius 2 is 1.66 bits per heavy atom. The fourth-order valence-electron chi connectivity index (χ4n) is 2.53. The SMILES string of the molecule is CC(C)(C)c1ccc(S(=O)(=O)Nc2cc(Cl)cnc2Oc2ccc(F)cc2)cc1. The highest BCUT2D eigenvalue weighted by Gasteiger charge is 2.20. The first-order valence-electron chi connectivity index (χ1n) is 8.77. The smallest absolute Gasteiger partial charge is 0.262 e. The van der Waals surface area contributed by atoms with Gasteiger partial charge in [0, 0.05) is 6.20 Å². The summed E-state index contributed by atoms with van der Waals surface area (Å²) in [5.41, 5.74) is 0.992. The maximum atomic E-state index is 13.1. The molecule has 0 saturated carbocycles. The van der Waals surface area contributed by atoms with Crippen LogP contribution in [0.1, 0.15) is 26.3 Å². The number of ether oxygens (including phenoxy) is 1. The molecular formula is C21H20ClFN2O3S. The van der Waals surface area contributed by atoms with Gasteiger partial charge in [-0.3, -0.25) is 4.72 Å². The van der Waals surface area contributed by atoms with E-state index >= 15 is 0 Å². The minimum atomic E-state index is -3.90. The van der Waals surface area contributed by atoms with Crippen molar-refractivity contribution in [1.82, 2.24) is 4.98 Å². The highest BCUT2D eigenvalue weighted by Crippen LogP contribution is 2.32. The highest BCUT2D eigenvalue weighted by molar-refractivity contribution is 7.92. The number of hydrogen-bond donors (Lipinski definition) is 1. The number of nitrogens with zero attached hydrogens (tertiary/aromatic N) is 1. The lowest BCUT2D eigenvalue weighted by molar-refractivity contribution is 0.463. The molecule has 0 saturated heterocycles. The zero-order chi connectivity index (χ0) is 21.2. The number of anilines is 1. The summed E-state index contributed by atoms with van der Waals surface area (Å²) < 4.78 is 46.8. The Labute approximate surface area is 174 Å². The fraction of sp³-hybridized carbons (Fsp3) is 0.190. The molecule has 5 nitrogen and oxygen atoms in total. The van der Waals surface area contributed by atoms with Crippen LogP contribution in [0, 0.1) is 5.82 Å². The Morgan fingerprint density at radius 3 is 2.24 bits per heavy atom. The summed E-state index contributed by atoms with van der Waals surface area (Å²) in [5.74, 6) is -0.117. The van der Waals surface area contributed by atoms with Crippen molar-refractivity contribution in [3.63, 3.8) is 0 Å². The molecule has 0 fully saturated rings. The zero-order valence-electron chi connectivity index (χ0n) is 16.1. The molecule has 0 radical (unpaired) electrons. The molecule has 0 amide bonds. The van der Waals surface area contributed by atoms with Crippen LogP contribution in [0.5, 0.6) is 11.6 Å². The Morgan fingerprint density at radius 1 is 1.03 bits per heavy atom. The molecule has 1 aromatic heterocycles. The van der Waals surface area contributed by atoms with E-state index in [0.717, 1.165) is 5.56 Å². The second-order valence-corrected chi connectivity index (χ2v) is 9.56. The van der Waals surface area contributed by atoms with Gasteiger partial charge in [0.15, 0.2) is 0 Å². The van der Waals surface area contributed by atoms with Gasteiger partial charge in [-0.25, -0.2) is 17.8 Å². The lowest BCUT2D eigenvalue weighted by Crippen LogP contribution is -2.15. The molecule has 1 N–H and O–H groups in total. The Hall–Kier alpha value is -2.64. The summed E-state index contributed by atoms with van der Waals surface area (Å²) in [6.45, 7) is 6.14. The van der Waals surface area contributed by atoms with Gasteiger partial charge in [0.1, 0.15) is 17.3 Å². The van der Waals surface area contributed by atoms with Crippen LogP contribution in [0.3, 0.4) is 0 Å². The number of sulfonamides is 1. The first-order chi connectivity index (χ1) is 13.5. The largest absolute Gasteiger partial charge is 0.437 e. The minimum Gasteiger partial charge on any atom is -0.437 e. The minimum absolute atomic E-state index is 0.00380. The third kappa shape index (κ3) is 5.25. The van der Waals surface area contributed by atoms with Crippen molar-refractivity contribution in [2.45, 2.75) is 31.1 Å². The highest BCUT2D eigenvalue weighted by atomic mass is 35.5. The van der Waals surface area contributed by atoms with Crippen molar-refractivity contribution in [3.8, 4) is 11.6 Å². The molecule has 0 spiro atoms. The van der Waals surface area contributed by atoms with Crippen molar-refractivity contribution in [3.05, 3.63) is 77.2 Å². The van der Waals surface area contributed by atoms with Gasteiger partial charge in [0.25, 0.3) is 10.0 Å². The summed E-state index contributed by atoms with van der Waals surface area (Å²) in [5, 5.41) is 0.234. The average molecular weight is 435 g/mol. The zero-order valence-corrected chi connectivity index (χ0v) is 17.7. The molecule has 0 aliphatic heterocycles. The molecule has 0 aliphatic carbocycles. The van der Waals surface area contributed by atoms with Crippen LogP contribution in [0.2, 0.25) is 5.02 Å². The van der Waals surface area contributed by atoms with Crippen LogP contribution >= 0.6 is 11.6 Å². The van der Waals surface area contributed by atoms with Gasteiger partial charge in [0.2, 0.25) is 5.88 Å². The topological polar surface area (TPSA) is 68.3 Å². The number of nitrogens with one attached hydrogen (secondary N) is 1. The van der Waals surface area contributed by atoms with Crippen LogP contribution < -0.4 is 9.46 Å². The van der Waals surface area contributed by atoms with E-state index in [1.165, 1.54) is 36.5 Å². The van der Waals surface area contributed by atoms with E-state index in [9.17, 15) is 12.8 Å². The third-order valence-electron chi connectivity index (χ3n) is 4.12.